The number of benzene rings is 1. The van der Waals surface area contributed by atoms with Crippen LogP contribution in [-0.2, 0) is 13.5 Å². The van der Waals surface area contributed by atoms with E-state index in [1.54, 1.807) is 0 Å². The molecule has 4 heteroatoms. The Hall–Kier alpha value is -1.13. The van der Waals surface area contributed by atoms with Crippen LogP contribution in [-0.4, -0.2) is 16.3 Å². The van der Waals surface area contributed by atoms with Gasteiger partial charge in [0.15, 0.2) is 0 Å². The summed E-state index contributed by atoms with van der Waals surface area (Å²) >= 11 is 3.60. The molecule has 0 aliphatic rings. The number of hydrogen-bond acceptors (Lipinski definition) is 2. The number of aryl methyl sites for hydroxylation is 2. The summed E-state index contributed by atoms with van der Waals surface area (Å²) in [6.45, 7) is 5.24. The first-order valence-corrected chi connectivity index (χ1v) is 7.38. The van der Waals surface area contributed by atoms with E-state index >= 15 is 0 Å². The smallest absolute Gasteiger partial charge is 0.0695 e. The van der Waals surface area contributed by atoms with Crippen molar-refractivity contribution < 1.29 is 0 Å². The summed E-state index contributed by atoms with van der Waals surface area (Å²) in [6, 6.07) is 8.82. The maximum absolute atomic E-state index is 4.31. The molecule has 0 bridgehead atoms. The lowest BCUT2D eigenvalue weighted by Crippen LogP contribution is -2.25. The summed E-state index contributed by atoms with van der Waals surface area (Å²) < 4.78 is 3.00. The Morgan fingerprint density at radius 1 is 1.37 bits per heavy atom. The van der Waals surface area contributed by atoms with Crippen LogP contribution in [0, 0.1) is 6.92 Å². The molecule has 0 radical (unpaired) electrons. The normalized spacial score (nSPS) is 12.6. The van der Waals surface area contributed by atoms with Gasteiger partial charge in [-0.1, -0.05) is 31.2 Å². The number of hydrogen-bond donors (Lipinski definition) is 1. The minimum atomic E-state index is 0.271. The molecular formula is C15H20BrN3. The molecule has 0 fully saturated rings. The molecule has 1 atom stereocenters. The Morgan fingerprint density at radius 2 is 2.11 bits per heavy atom. The summed E-state index contributed by atoms with van der Waals surface area (Å²) in [5, 5.41) is 7.86. The first-order chi connectivity index (χ1) is 9.13. The van der Waals surface area contributed by atoms with Crippen LogP contribution in [0.3, 0.4) is 0 Å². The van der Waals surface area contributed by atoms with Crippen LogP contribution >= 0.6 is 15.9 Å². The molecule has 1 unspecified atom stereocenters. The minimum Gasteiger partial charge on any atom is -0.309 e. The zero-order valence-electron chi connectivity index (χ0n) is 11.7. The summed E-state index contributed by atoms with van der Waals surface area (Å²) in [5.41, 5.74) is 3.91. The van der Waals surface area contributed by atoms with Crippen LogP contribution in [0.4, 0.5) is 0 Å². The molecule has 1 N–H and O–H groups in total. The van der Waals surface area contributed by atoms with Crippen LogP contribution in [0.1, 0.15) is 29.8 Å². The quantitative estimate of drug-likeness (QED) is 0.914. The molecule has 0 aliphatic carbocycles. The van der Waals surface area contributed by atoms with Crippen molar-refractivity contribution >= 4 is 15.9 Å². The molecule has 0 saturated heterocycles. The Bertz CT molecular complexity index is 529. The molecule has 0 saturated carbocycles. The van der Waals surface area contributed by atoms with Gasteiger partial charge in [-0.15, -0.1) is 0 Å². The van der Waals surface area contributed by atoms with Gasteiger partial charge in [0.05, 0.1) is 22.4 Å². The first kappa shape index (κ1) is 14.3. The molecule has 2 aromatic rings. The van der Waals surface area contributed by atoms with Crippen molar-refractivity contribution in [2.75, 3.05) is 6.54 Å². The highest BCUT2D eigenvalue weighted by Crippen LogP contribution is 2.26. The number of rotatable bonds is 5. The first-order valence-electron chi connectivity index (χ1n) is 6.58. The van der Waals surface area contributed by atoms with Crippen molar-refractivity contribution in [3.05, 3.63) is 51.8 Å². The standard InChI is InChI=1S/C15H20BrN3/c1-4-17-14(15-13(16)10-18-19(15)3)9-12-8-6-5-7-11(12)2/h5-8,10,14,17H,4,9H2,1-3H3. The molecule has 1 heterocycles. The average Bonchev–Trinajstić information content (AvgIpc) is 2.71. The summed E-state index contributed by atoms with van der Waals surface area (Å²) in [6.07, 6.45) is 2.83. The van der Waals surface area contributed by atoms with Crippen molar-refractivity contribution in [2.24, 2.45) is 7.05 Å². The van der Waals surface area contributed by atoms with Gasteiger partial charge in [-0.25, -0.2) is 0 Å². The van der Waals surface area contributed by atoms with E-state index in [9.17, 15) is 0 Å². The van der Waals surface area contributed by atoms with Crippen molar-refractivity contribution in [1.29, 1.82) is 0 Å². The molecule has 0 aliphatic heterocycles. The lowest BCUT2D eigenvalue weighted by molar-refractivity contribution is 0.505. The zero-order chi connectivity index (χ0) is 13.8. The number of halogens is 1. The highest BCUT2D eigenvalue weighted by molar-refractivity contribution is 9.10. The van der Waals surface area contributed by atoms with E-state index < -0.39 is 0 Å². The summed E-state index contributed by atoms with van der Waals surface area (Å²) in [7, 11) is 1.99. The molecule has 19 heavy (non-hydrogen) atoms. The SMILES string of the molecule is CCNC(Cc1ccccc1C)c1c(Br)cnn1C. The van der Waals surface area contributed by atoms with Gasteiger partial charge in [-0.05, 0) is 46.9 Å². The predicted octanol–water partition coefficient (Wildman–Crippen LogP) is 3.38. The molecule has 0 amide bonds. The van der Waals surface area contributed by atoms with Crippen LogP contribution in [0.25, 0.3) is 0 Å². The Labute approximate surface area is 123 Å². The molecule has 2 rings (SSSR count). The molecule has 1 aromatic heterocycles. The lowest BCUT2D eigenvalue weighted by atomic mass is 9.99. The molecular weight excluding hydrogens is 302 g/mol. The van der Waals surface area contributed by atoms with Crippen molar-refractivity contribution in [3.63, 3.8) is 0 Å². The lowest BCUT2D eigenvalue weighted by Gasteiger charge is -2.20. The van der Waals surface area contributed by atoms with Gasteiger partial charge < -0.3 is 5.32 Å². The number of nitrogens with zero attached hydrogens (tertiary/aromatic N) is 2. The van der Waals surface area contributed by atoms with E-state index in [0.717, 1.165) is 17.4 Å². The van der Waals surface area contributed by atoms with E-state index in [-0.39, 0.29) is 6.04 Å². The second-order valence-electron chi connectivity index (χ2n) is 4.74. The van der Waals surface area contributed by atoms with Crippen molar-refractivity contribution in [3.8, 4) is 0 Å². The fraction of sp³-hybridized carbons (Fsp3) is 0.400. The van der Waals surface area contributed by atoms with Gasteiger partial charge in [0.25, 0.3) is 0 Å². The highest BCUT2D eigenvalue weighted by Gasteiger charge is 2.19. The molecule has 0 spiro atoms. The van der Waals surface area contributed by atoms with E-state index in [1.807, 2.05) is 17.9 Å². The van der Waals surface area contributed by atoms with Gasteiger partial charge in [-0.3, -0.25) is 4.68 Å². The maximum atomic E-state index is 4.31. The Kier molecular flexibility index (Phi) is 4.77. The summed E-state index contributed by atoms with van der Waals surface area (Å²) in [4.78, 5) is 0. The Balaban J connectivity index is 2.29. The fourth-order valence-corrected chi connectivity index (χ4v) is 3.01. The van der Waals surface area contributed by atoms with Crippen LogP contribution in [0.15, 0.2) is 34.9 Å². The number of likely N-dealkylation sites (N-methyl/N-ethyl adjacent to an activating group) is 1. The average molecular weight is 322 g/mol. The van der Waals surface area contributed by atoms with Gasteiger partial charge >= 0.3 is 0 Å². The van der Waals surface area contributed by atoms with Crippen molar-refractivity contribution in [2.45, 2.75) is 26.3 Å². The second-order valence-corrected chi connectivity index (χ2v) is 5.60. The summed E-state index contributed by atoms with van der Waals surface area (Å²) in [5.74, 6) is 0. The van der Waals surface area contributed by atoms with Crippen molar-refractivity contribution in [1.82, 2.24) is 15.1 Å². The monoisotopic (exact) mass is 321 g/mol. The van der Waals surface area contributed by atoms with Crippen LogP contribution in [0.2, 0.25) is 0 Å². The van der Waals surface area contributed by atoms with Gasteiger partial charge in [-0.2, -0.15) is 5.10 Å². The number of nitrogens with one attached hydrogen (secondary N) is 1. The third-order valence-electron chi connectivity index (χ3n) is 3.40. The van der Waals surface area contributed by atoms with Crippen LogP contribution in [0.5, 0.6) is 0 Å². The van der Waals surface area contributed by atoms with Crippen LogP contribution < -0.4 is 5.32 Å². The van der Waals surface area contributed by atoms with Gasteiger partial charge in [0, 0.05) is 7.05 Å². The predicted molar refractivity (Wildman–Crippen MR) is 82.2 cm³/mol. The van der Waals surface area contributed by atoms with Gasteiger partial charge in [0.1, 0.15) is 0 Å². The minimum absolute atomic E-state index is 0.271. The largest absolute Gasteiger partial charge is 0.309 e. The number of aromatic nitrogens is 2. The molecule has 3 nitrogen and oxygen atoms in total. The van der Waals surface area contributed by atoms with E-state index in [4.69, 9.17) is 0 Å². The molecule has 1 aromatic carbocycles. The fourth-order valence-electron chi connectivity index (χ4n) is 2.38. The third-order valence-corrected chi connectivity index (χ3v) is 4.01. The second kappa shape index (κ2) is 6.35. The topological polar surface area (TPSA) is 29.9 Å². The van der Waals surface area contributed by atoms with E-state index in [2.05, 4.69) is 64.5 Å². The third kappa shape index (κ3) is 3.25. The zero-order valence-corrected chi connectivity index (χ0v) is 13.2. The van der Waals surface area contributed by atoms with E-state index in [0.29, 0.717) is 0 Å². The highest BCUT2D eigenvalue weighted by atomic mass is 79.9. The molecule has 102 valence electrons. The Morgan fingerprint density at radius 3 is 2.68 bits per heavy atom. The van der Waals surface area contributed by atoms with Gasteiger partial charge in [0.2, 0.25) is 0 Å². The maximum Gasteiger partial charge on any atom is 0.0695 e. The van der Waals surface area contributed by atoms with E-state index in [1.165, 1.54) is 16.8 Å².